The summed E-state index contributed by atoms with van der Waals surface area (Å²) in [6.07, 6.45) is 2.91. The van der Waals surface area contributed by atoms with E-state index in [1.165, 1.54) is 62.6 Å². The van der Waals surface area contributed by atoms with Gasteiger partial charge in [0.2, 0.25) is 0 Å². The number of carbonyl (C=O) groups is 3. The molecule has 16 heteroatoms. The largest absolute Gasteiger partial charge is 4.00 e. The van der Waals surface area contributed by atoms with Crippen molar-refractivity contribution in [2.24, 2.45) is 0 Å². The van der Waals surface area contributed by atoms with E-state index in [4.69, 9.17) is 26.2 Å². The van der Waals surface area contributed by atoms with Gasteiger partial charge in [-0.25, -0.2) is 9.59 Å². The van der Waals surface area contributed by atoms with Crippen molar-refractivity contribution >= 4 is 40.5 Å². The van der Waals surface area contributed by atoms with E-state index >= 15 is 0 Å². The standard InChI is InChI=1S/C11H11NO5.C7H4ClNO4.C4H8O.C3H6O2.4CH3.Ti/c1-11(6-7-11)17-10(13)16-9-4-2-8(3-5-9)12(14)15;8-7(10)13-6-3-1-5(2-4-6)9(11)12;1-4(5)2-3-4;1-3(4)5-2;;;;;/h2-5H,6-7H2,1H3;1-4H;5H,2-3H2,1H3;1-2H3;4*1H3;/q;;;;4*-1;+4. The minimum absolute atomic E-state index is 0. The third-order valence-electron chi connectivity index (χ3n) is 5.04. The van der Waals surface area contributed by atoms with Gasteiger partial charge in [0.1, 0.15) is 17.1 Å². The van der Waals surface area contributed by atoms with Crippen LogP contribution in [0.25, 0.3) is 0 Å². The third-order valence-corrected chi connectivity index (χ3v) is 5.12. The van der Waals surface area contributed by atoms with Gasteiger partial charge >= 0.3 is 39.3 Å². The number of ether oxygens (including phenoxy) is 4. The Balaban J connectivity index is -0.000000170. The van der Waals surface area contributed by atoms with Crippen molar-refractivity contribution in [3.63, 3.8) is 0 Å². The van der Waals surface area contributed by atoms with Crippen LogP contribution in [0.5, 0.6) is 11.5 Å². The van der Waals surface area contributed by atoms with Crippen molar-refractivity contribution in [2.75, 3.05) is 7.11 Å². The van der Waals surface area contributed by atoms with E-state index in [0.717, 1.165) is 25.7 Å². The molecule has 0 aliphatic heterocycles. The predicted molar refractivity (Wildman–Crippen MR) is 166 cm³/mol. The smallest absolute Gasteiger partial charge is 0.469 e. The molecule has 250 valence electrons. The van der Waals surface area contributed by atoms with Crippen LogP contribution in [0, 0.1) is 49.9 Å². The van der Waals surface area contributed by atoms with Gasteiger partial charge in [0.25, 0.3) is 11.4 Å². The van der Waals surface area contributed by atoms with E-state index in [1.807, 2.05) is 13.8 Å². The van der Waals surface area contributed by atoms with Gasteiger partial charge < -0.3 is 53.8 Å². The molecule has 0 heterocycles. The second-order valence-corrected chi connectivity index (χ2v) is 9.25. The van der Waals surface area contributed by atoms with E-state index in [9.17, 15) is 34.6 Å². The minimum Gasteiger partial charge on any atom is -0.469 e. The first-order valence-corrected chi connectivity index (χ1v) is 12.0. The van der Waals surface area contributed by atoms with Gasteiger partial charge in [-0.15, -0.1) is 0 Å². The van der Waals surface area contributed by atoms with Crippen molar-refractivity contribution in [3.8, 4) is 11.5 Å². The molecule has 2 saturated carbocycles. The number of non-ortho nitro benzene ring substituents is 2. The summed E-state index contributed by atoms with van der Waals surface area (Å²) in [4.78, 5) is 50.7. The summed E-state index contributed by atoms with van der Waals surface area (Å²) in [5.41, 5.74) is -1.75. The maximum Gasteiger partial charge on any atom is 4.00 e. The fourth-order valence-corrected chi connectivity index (χ4v) is 2.23. The molecule has 0 atom stereocenters. The number of aliphatic hydroxyl groups is 1. The maximum atomic E-state index is 11.3. The summed E-state index contributed by atoms with van der Waals surface area (Å²) in [5, 5.41) is 29.2. The van der Waals surface area contributed by atoms with Gasteiger partial charge in [0, 0.05) is 42.8 Å². The molecule has 0 unspecified atom stereocenters. The third kappa shape index (κ3) is 24.4. The van der Waals surface area contributed by atoms with Crippen LogP contribution in [0.15, 0.2) is 48.5 Å². The molecule has 1 N–H and O–H groups in total. The molecule has 0 bridgehead atoms. The number of esters is 1. The maximum absolute atomic E-state index is 11.3. The first-order chi connectivity index (χ1) is 18.6. The zero-order valence-electron chi connectivity index (χ0n) is 26.7. The number of benzene rings is 2. The first-order valence-electron chi connectivity index (χ1n) is 11.6. The molecule has 0 radical (unpaired) electrons. The Hall–Kier alpha value is -3.59. The van der Waals surface area contributed by atoms with Crippen LogP contribution < -0.4 is 9.47 Å². The normalized spacial score (nSPS) is 12.8. The monoisotopic (exact) mass is 692 g/mol. The van der Waals surface area contributed by atoms with Crippen LogP contribution in [0.2, 0.25) is 0 Å². The van der Waals surface area contributed by atoms with Crippen LogP contribution in [0.4, 0.5) is 21.0 Å². The molecule has 14 nitrogen and oxygen atoms in total. The molecule has 2 aliphatic carbocycles. The number of halogens is 1. The molecule has 2 aromatic carbocycles. The summed E-state index contributed by atoms with van der Waals surface area (Å²) in [5.74, 6) is 0.153. The van der Waals surface area contributed by atoms with E-state index in [2.05, 4.69) is 9.47 Å². The number of nitro groups is 2. The SMILES string of the molecule is CC1(O)CC1.CC1(OC(=O)Oc2ccc([N+](=O)[O-])cc2)CC1.COC(C)=O.O=C(Cl)Oc1ccc([N+](=O)[O-])cc1.[CH3-].[CH3-].[CH3-].[CH3-].[Ti+4]. The van der Waals surface area contributed by atoms with Gasteiger partial charge in [0.15, 0.2) is 0 Å². The van der Waals surface area contributed by atoms with Gasteiger partial charge in [-0.2, -0.15) is 0 Å². The number of carbonyl (C=O) groups excluding carboxylic acids is 3. The number of nitro benzene ring substituents is 2. The Labute approximate surface area is 284 Å². The van der Waals surface area contributed by atoms with E-state index < -0.39 is 27.0 Å². The molecule has 45 heavy (non-hydrogen) atoms. The average molecular weight is 693 g/mol. The van der Waals surface area contributed by atoms with Crippen molar-refractivity contribution in [2.45, 2.75) is 57.7 Å². The number of methoxy groups -OCH3 is 1. The topological polar surface area (TPSA) is 195 Å². The Morgan fingerprint density at radius 3 is 1.31 bits per heavy atom. The van der Waals surface area contributed by atoms with Crippen molar-refractivity contribution in [1.82, 2.24) is 0 Å². The fraction of sp³-hybridized carbons (Fsp3) is 0.345. The van der Waals surface area contributed by atoms with Gasteiger partial charge in [0.05, 0.1) is 22.6 Å². The number of hydrogen-bond donors (Lipinski definition) is 1. The molecular weight excluding hydrogens is 652 g/mol. The number of rotatable bonds is 5. The van der Waals surface area contributed by atoms with Crippen LogP contribution in [0.3, 0.4) is 0 Å². The molecule has 2 aliphatic rings. The summed E-state index contributed by atoms with van der Waals surface area (Å²) in [6, 6.07) is 10.3. The molecule has 0 spiro atoms. The van der Waals surface area contributed by atoms with Gasteiger partial charge in [-0.1, -0.05) is 0 Å². The Bertz CT molecular complexity index is 1180. The molecule has 0 aromatic heterocycles. The summed E-state index contributed by atoms with van der Waals surface area (Å²) < 4.78 is 18.5. The summed E-state index contributed by atoms with van der Waals surface area (Å²) in [7, 11) is 1.35. The molecular formula is C29H41ClN2O12Ti. The molecule has 4 rings (SSSR count). The average Bonchev–Trinajstić information content (AvgIpc) is 3.78. The first kappa shape index (κ1) is 51.0. The van der Waals surface area contributed by atoms with E-state index in [0.29, 0.717) is 0 Å². The number of hydrogen-bond acceptors (Lipinski definition) is 12. The molecule has 2 aromatic rings. The Morgan fingerprint density at radius 1 is 0.778 bits per heavy atom. The van der Waals surface area contributed by atoms with Crippen LogP contribution in [-0.2, 0) is 36.0 Å². The second kappa shape index (κ2) is 23.8. The zero-order chi connectivity index (χ0) is 30.5. The fourth-order valence-electron chi connectivity index (χ4n) is 2.14. The Kier molecular flexibility index (Phi) is 26.9. The van der Waals surface area contributed by atoms with E-state index in [-0.39, 0.29) is 85.9 Å². The van der Waals surface area contributed by atoms with Crippen molar-refractivity contribution in [3.05, 3.63) is 98.5 Å². The summed E-state index contributed by atoms with van der Waals surface area (Å²) in [6.45, 7) is 5.04. The second-order valence-electron chi connectivity index (χ2n) is 8.94. The van der Waals surface area contributed by atoms with Crippen molar-refractivity contribution in [1.29, 1.82) is 0 Å². The van der Waals surface area contributed by atoms with Gasteiger partial charge in [-0.3, -0.25) is 25.0 Å². The quantitative estimate of drug-likeness (QED) is 0.0617. The van der Waals surface area contributed by atoms with Gasteiger partial charge in [-0.05, 0) is 63.8 Å². The minimum atomic E-state index is -0.978. The molecule has 2 fully saturated rings. The summed E-state index contributed by atoms with van der Waals surface area (Å²) >= 11 is 4.92. The molecule has 0 saturated heterocycles. The predicted octanol–water partition coefficient (Wildman–Crippen LogP) is 7.50. The zero-order valence-corrected chi connectivity index (χ0v) is 29.0. The van der Waals surface area contributed by atoms with E-state index in [1.54, 1.807) is 0 Å². The van der Waals surface area contributed by atoms with Crippen LogP contribution in [0.1, 0.15) is 46.5 Å². The number of nitrogens with zero attached hydrogens (tertiary/aromatic N) is 2. The van der Waals surface area contributed by atoms with Crippen LogP contribution in [-0.4, -0.2) is 50.8 Å². The Morgan fingerprint density at radius 2 is 1.09 bits per heavy atom. The molecule has 0 amide bonds. The van der Waals surface area contributed by atoms with Crippen molar-refractivity contribution < 1.29 is 70.0 Å². The van der Waals surface area contributed by atoms with Crippen LogP contribution >= 0.6 is 11.6 Å².